The van der Waals surface area contributed by atoms with E-state index in [4.69, 9.17) is 14.2 Å². The summed E-state index contributed by atoms with van der Waals surface area (Å²) in [6.07, 6.45) is 88.4. The van der Waals surface area contributed by atoms with Crippen molar-refractivity contribution >= 4 is 17.9 Å². The molecule has 0 aliphatic heterocycles. The van der Waals surface area contributed by atoms with E-state index in [9.17, 15) is 14.4 Å². The van der Waals surface area contributed by atoms with Crippen molar-refractivity contribution in [3.63, 3.8) is 0 Å². The molecule has 78 heavy (non-hydrogen) atoms. The Morgan fingerprint density at radius 2 is 0.500 bits per heavy atom. The maximum absolute atomic E-state index is 12.9. The number of esters is 3. The molecule has 1 atom stereocenters. The van der Waals surface area contributed by atoms with Gasteiger partial charge in [0.15, 0.2) is 6.10 Å². The number of allylic oxidation sites excluding steroid dienone is 16. The SMILES string of the molecule is CC/C=C\C/C=C\C/C=C\CCCCCCCCCC(=O)OC(COC(=O)CCCCCCC/C=C\C/C=C\CCCCCC)COC(=O)CCCCCCCCCCCCCC/C=C\C/C=C\C/C=C\CCCCCCC. The van der Waals surface area contributed by atoms with E-state index in [2.05, 4.69) is 118 Å². The molecule has 0 saturated heterocycles. The third-order valence-corrected chi connectivity index (χ3v) is 14.3. The summed E-state index contributed by atoms with van der Waals surface area (Å²) in [5.41, 5.74) is 0. The van der Waals surface area contributed by atoms with Gasteiger partial charge in [-0.1, -0.05) is 279 Å². The second-order valence-corrected chi connectivity index (χ2v) is 22.0. The maximum Gasteiger partial charge on any atom is 0.306 e. The first-order chi connectivity index (χ1) is 38.5. The number of rotatable bonds is 60. The van der Waals surface area contributed by atoms with Gasteiger partial charge in [-0.25, -0.2) is 0 Å². The highest BCUT2D eigenvalue weighted by Crippen LogP contribution is 2.16. The molecule has 0 aromatic rings. The van der Waals surface area contributed by atoms with E-state index in [1.54, 1.807) is 0 Å². The molecule has 0 saturated carbocycles. The van der Waals surface area contributed by atoms with Crippen LogP contribution in [0, 0.1) is 0 Å². The van der Waals surface area contributed by atoms with Crippen LogP contribution in [0.25, 0.3) is 0 Å². The zero-order valence-electron chi connectivity index (χ0n) is 51.4. The van der Waals surface area contributed by atoms with Gasteiger partial charge < -0.3 is 14.2 Å². The fraction of sp³-hybridized carbons (Fsp3) is 0.736. The van der Waals surface area contributed by atoms with E-state index >= 15 is 0 Å². The normalized spacial score (nSPS) is 12.7. The highest BCUT2D eigenvalue weighted by molar-refractivity contribution is 5.71. The molecule has 448 valence electrons. The summed E-state index contributed by atoms with van der Waals surface area (Å²) >= 11 is 0. The van der Waals surface area contributed by atoms with Gasteiger partial charge in [0.2, 0.25) is 0 Å². The average molecular weight is 1090 g/mol. The Hall–Kier alpha value is -3.67. The zero-order chi connectivity index (χ0) is 56.4. The van der Waals surface area contributed by atoms with Crippen LogP contribution in [0.15, 0.2) is 97.2 Å². The summed E-state index contributed by atoms with van der Waals surface area (Å²) < 4.78 is 16.9. The summed E-state index contributed by atoms with van der Waals surface area (Å²) in [5.74, 6) is -0.901. The monoisotopic (exact) mass is 1080 g/mol. The molecule has 6 nitrogen and oxygen atoms in total. The quantitative estimate of drug-likeness (QED) is 0.0261. The Morgan fingerprint density at radius 3 is 0.795 bits per heavy atom. The lowest BCUT2D eigenvalue weighted by Gasteiger charge is -2.18. The second kappa shape index (κ2) is 65.8. The molecule has 0 heterocycles. The number of ether oxygens (including phenoxy) is 3. The highest BCUT2D eigenvalue weighted by Gasteiger charge is 2.19. The third-order valence-electron chi connectivity index (χ3n) is 14.3. The van der Waals surface area contributed by atoms with Gasteiger partial charge in [0.25, 0.3) is 0 Å². The van der Waals surface area contributed by atoms with Gasteiger partial charge in [-0.2, -0.15) is 0 Å². The fourth-order valence-corrected chi connectivity index (χ4v) is 9.32. The predicted octanol–water partition coefficient (Wildman–Crippen LogP) is 22.8. The summed E-state index contributed by atoms with van der Waals surface area (Å²) in [4.78, 5) is 38.4. The molecule has 0 fully saturated rings. The van der Waals surface area contributed by atoms with Crippen LogP contribution in [0.3, 0.4) is 0 Å². The zero-order valence-corrected chi connectivity index (χ0v) is 51.4. The molecule has 0 N–H and O–H groups in total. The Morgan fingerprint density at radius 1 is 0.269 bits per heavy atom. The molecule has 0 aromatic carbocycles. The molecule has 0 aliphatic rings. The molecule has 0 amide bonds. The van der Waals surface area contributed by atoms with Gasteiger partial charge in [0.1, 0.15) is 13.2 Å². The van der Waals surface area contributed by atoms with Crippen LogP contribution in [-0.2, 0) is 28.6 Å². The van der Waals surface area contributed by atoms with E-state index in [-0.39, 0.29) is 31.1 Å². The summed E-state index contributed by atoms with van der Waals surface area (Å²) in [6.45, 7) is 6.51. The Balaban J connectivity index is 4.33. The number of unbranched alkanes of at least 4 members (excludes halogenated alkanes) is 33. The van der Waals surface area contributed by atoms with Gasteiger partial charge in [-0.3, -0.25) is 14.4 Å². The van der Waals surface area contributed by atoms with E-state index in [0.29, 0.717) is 19.3 Å². The number of carbonyl (C=O) groups is 3. The third kappa shape index (κ3) is 63.2. The predicted molar refractivity (Wildman–Crippen MR) is 339 cm³/mol. The van der Waals surface area contributed by atoms with Gasteiger partial charge in [0.05, 0.1) is 0 Å². The van der Waals surface area contributed by atoms with Crippen LogP contribution in [0.4, 0.5) is 0 Å². The van der Waals surface area contributed by atoms with Crippen molar-refractivity contribution in [3.8, 4) is 0 Å². The molecule has 0 radical (unpaired) electrons. The minimum Gasteiger partial charge on any atom is -0.462 e. The van der Waals surface area contributed by atoms with Crippen molar-refractivity contribution in [2.45, 2.75) is 329 Å². The summed E-state index contributed by atoms with van der Waals surface area (Å²) in [7, 11) is 0. The molecule has 6 heteroatoms. The van der Waals surface area contributed by atoms with Crippen molar-refractivity contribution < 1.29 is 28.6 Å². The molecular weight excluding hydrogens is 961 g/mol. The number of carbonyl (C=O) groups excluding carboxylic acids is 3. The van der Waals surface area contributed by atoms with Crippen LogP contribution in [0.2, 0.25) is 0 Å². The van der Waals surface area contributed by atoms with Gasteiger partial charge in [0, 0.05) is 19.3 Å². The van der Waals surface area contributed by atoms with Gasteiger partial charge in [-0.15, -0.1) is 0 Å². The van der Waals surface area contributed by atoms with Crippen molar-refractivity contribution in [2.24, 2.45) is 0 Å². The van der Waals surface area contributed by atoms with Crippen molar-refractivity contribution in [3.05, 3.63) is 97.2 Å². The molecule has 0 spiro atoms. The van der Waals surface area contributed by atoms with Crippen molar-refractivity contribution in [1.82, 2.24) is 0 Å². The first-order valence-corrected chi connectivity index (χ1v) is 33.2. The Labute approximate surface area is 483 Å². The maximum atomic E-state index is 12.9. The second-order valence-electron chi connectivity index (χ2n) is 22.0. The van der Waals surface area contributed by atoms with Crippen LogP contribution < -0.4 is 0 Å². The topological polar surface area (TPSA) is 78.9 Å². The van der Waals surface area contributed by atoms with Gasteiger partial charge in [-0.05, 0) is 122 Å². The number of hydrogen-bond donors (Lipinski definition) is 0. The van der Waals surface area contributed by atoms with E-state index in [1.165, 1.54) is 167 Å². The van der Waals surface area contributed by atoms with Gasteiger partial charge >= 0.3 is 17.9 Å². The highest BCUT2D eigenvalue weighted by atomic mass is 16.6. The first kappa shape index (κ1) is 74.3. The van der Waals surface area contributed by atoms with E-state index in [1.807, 2.05) is 0 Å². The van der Waals surface area contributed by atoms with Crippen LogP contribution in [0.1, 0.15) is 323 Å². The van der Waals surface area contributed by atoms with Crippen molar-refractivity contribution in [2.75, 3.05) is 13.2 Å². The standard InChI is InChI=1S/C72H124O6/c1-4-7-10-13-16-19-22-25-28-31-32-33-34-35-36-37-38-39-40-42-44-47-50-53-56-59-62-65-71(74)77-68-69(67-76-70(73)64-61-58-55-52-49-46-43-30-27-24-21-18-15-12-9-6-3)78-72(75)66-63-60-57-54-51-48-45-41-29-26-23-20-17-14-11-8-5-2/h8,11,17,20-22,24-26,29-32,34-35,43,69H,4-7,9-10,12-16,18-19,23,27-28,33,36-42,44-68H2,1-3H3/b11-8-,20-17-,24-21-,25-22-,29-26-,32-31-,35-34-,43-30-. The number of hydrogen-bond acceptors (Lipinski definition) is 6. The molecule has 0 aromatic heterocycles. The Kier molecular flexibility index (Phi) is 62.7. The molecule has 1 unspecified atom stereocenters. The van der Waals surface area contributed by atoms with Crippen molar-refractivity contribution in [1.29, 1.82) is 0 Å². The summed E-state index contributed by atoms with van der Waals surface area (Å²) in [5, 5.41) is 0. The van der Waals surface area contributed by atoms with E-state index in [0.717, 1.165) is 116 Å². The molecular formula is C72H124O6. The lowest BCUT2D eigenvalue weighted by Crippen LogP contribution is -2.30. The average Bonchev–Trinajstić information content (AvgIpc) is 3.44. The lowest BCUT2D eigenvalue weighted by atomic mass is 10.0. The first-order valence-electron chi connectivity index (χ1n) is 33.2. The largest absolute Gasteiger partial charge is 0.462 e. The van der Waals surface area contributed by atoms with E-state index < -0.39 is 6.10 Å². The summed E-state index contributed by atoms with van der Waals surface area (Å²) in [6, 6.07) is 0. The lowest BCUT2D eigenvalue weighted by molar-refractivity contribution is -0.167. The smallest absolute Gasteiger partial charge is 0.306 e. The molecule has 0 bridgehead atoms. The fourth-order valence-electron chi connectivity index (χ4n) is 9.32. The Bertz CT molecular complexity index is 1530. The van der Waals surface area contributed by atoms with Crippen LogP contribution >= 0.6 is 0 Å². The minimum atomic E-state index is -0.792. The molecule has 0 rings (SSSR count). The van der Waals surface area contributed by atoms with Crippen LogP contribution in [-0.4, -0.2) is 37.2 Å². The minimum absolute atomic E-state index is 0.0865. The van der Waals surface area contributed by atoms with Crippen LogP contribution in [0.5, 0.6) is 0 Å². The molecule has 0 aliphatic carbocycles.